The van der Waals surface area contributed by atoms with E-state index < -0.39 is 18.0 Å². The third-order valence-electron chi connectivity index (χ3n) is 1.44. The van der Waals surface area contributed by atoms with Crippen molar-refractivity contribution >= 4 is 6.03 Å². The predicted octanol–water partition coefficient (Wildman–Crippen LogP) is 0.452. The molecule has 0 saturated heterocycles. The third-order valence-corrected chi connectivity index (χ3v) is 1.44. The van der Waals surface area contributed by atoms with E-state index in [9.17, 15) is 13.6 Å². The number of rotatable bonds is 1. The highest BCUT2D eigenvalue weighted by Crippen LogP contribution is 2.37. The molecule has 1 aliphatic rings. The fourth-order valence-electron chi connectivity index (χ4n) is 0.964. The lowest BCUT2D eigenvalue weighted by Crippen LogP contribution is -2.51. The molecule has 0 atom stereocenters. The van der Waals surface area contributed by atoms with Crippen LogP contribution < -0.4 is 11.1 Å². The normalized spacial score (nSPS) is 23.4. The molecule has 0 aromatic heterocycles. The predicted molar refractivity (Wildman–Crippen MR) is 30.7 cm³/mol. The molecule has 10 heavy (non-hydrogen) atoms. The van der Waals surface area contributed by atoms with Crippen molar-refractivity contribution in [3.63, 3.8) is 0 Å². The van der Waals surface area contributed by atoms with E-state index in [4.69, 9.17) is 5.73 Å². The maximum Gasteiger partial charge on any atom is 0.312 e. The molecular weight excluding hydrogens is 142 g/mol. The zero-order chi connectivity index (χ0) is 7.78. The number of nitrogens with two attached hydrogens (primary N) is 1. The standard InChI is InChI=1S/C5H8F2N2O/c6-5(7)1-3(2-5)9-4(8)10/h3H,1-2H2,(H3,8,9,10). The van der Waals surface area contributed by atoms with Crippen LogP contribution in [-0.4, -0.2) is 18.0 Å². The first-order valence-corrected chi connectivity index (χ1v) is 2.93. The molecule has 1 rings (SSSR count). The summed E-state index contributed by atoms with van der Waals surface area (Å²) in [5.74, 6) is -2.59. The van der Waals surface area contributed by atoms with Gasteiger partial charge in [0.25, 0.3) is 5.92 Å². The van der Waals surface area contributed by atoms with Gasteiger partial charge in [-0.25, -0.2) is 13.6 Å². The Morgan fingerprint density at radius 3 is 2.40 bits per heavy atom. The van der Waals surface area contributed by atoms with Gasteiger partial charge in [0.1, 0.15) is 0 Å². The first-order chi connectivity index (χ1) is 4.49. The molecule has 5 heteroatoms. The molecule has 1 aliphatic carbocycles. The fraction of sp³-hybridized carbons (Fsp3) is 0.800. The van der Waals surface area contributed by atoms with Gasteiger partial charge in [0, 0.05) is 18.9 Å². The van der Waals surface area contributed by atoms with E-state index in [-0.39, 0.29) is 12.8 Å². The van der Waals surface area contributed by atoms with Crippen LogP contribution in [0.2, 0.25) is 0 Å². The molecule has 0 bridgehead atoms. The lowest BCUT2D eigenvalue weighted by Gasteiger charge is -2.34. The van der Waals surface area contributed by atoms with E-state index in [1.165, 1.54) is 0 Å². The Morgan fingerprint density at radius 2 is 2.10 bits per heavy atom. The maximum atomic E-state index is 12.0. The largest absolute Gasteiger partial charge is 0.352 e. The summed E-state index contributed by atoms with van der Waals surface area (Å²) in [6, 6.07) is -1.16. The molecule has 1 fully saturated rings. The van der Waals surface area contributed by atoms with Crippen LogP contribution in [0.5, 0.6) is 0 Å². The summed E-state index contributed by atoms with van der Waals surface area (Å²) in [4.78, 5) is 10.1. The van der Waals surface area contributed by atoms with Gasteiger partial charge in [-0.3, -0.25) is 0 Å². The summed E-state index contributed by atoms with van der Waals surface area (Å²) in [7, 11) is 0. The van der Waals surface area contributed by atoms with Crippen LogP contribution in [0, 0.1) is 0 Å². The summed E-state index contributed by atoms with van der Waals surface area (Å²) in [6.07, 6.45) is -0.564. The van der Waals surface area contributed by atoms with Crippen LogP contribution in [0.4, 0.5) is 13.6 Å². The van der Waals surface area contributed by atoms with Crippen LogP contribution in [0.3, 0.4) is 0 Å². The Bertz CT molecular complexity index is 152. The van der Waals surface area contributed by atoms with Crippen LogP contribution >= 0.6 is 0 Å². The zero-order valence-electron chi connectivity index (χ0n) is 5.23. The lowest BCUT2D eigenvalue weighted by atomic mass is 9.88. The van der Waals surface area contributed by atoms with Gasteiger partial charge in [0.2, 0.25) is 0 Å². The van der Waals surface area contributed by atoms with E-state index in [0.29, 0.717) is 0 Å². The molecule has 3 N–H and O–H groups in total. The zero-order valence-corrected chi connectivity index (χ0v) is 5.23. The molecule has 58 valence electrons. The molecule has 0 radical (unpaired) electrons. The molecule has 0 heterocycles. The van der Waals surface area contributed by atoms with Gasteiger partial charge in [0.15, 0.2) is 0 Å². The summed E-state index contributed by atoms with van der Waals surface area (Å²) in [6.45, 7) is 0. The molecule has 2 amide bonds. The number of urea groups is 1. The molecule has 1 saturated carbocycles. The van der Waals surface area contributed by atoms with Crippen LogP contribution in [0.1, 0.15) is 12.8 Å². The van der Waals surface area contributed by atoms with Crippen molar-refractivity contribution in [3.05, 3.63) is 0 Å². The van der Waals surface area contributed by atoms with Gasteiger partial charge in [-0.1, -0.05) is 0 Å². The Morgan fingerprint density at radius 1 is 1.60 bits per heavy atom. The smallest absolute Gasteiger partial charge is 0.312 e. The topological polar surface area (TPSA) is 55.1 Å². The summed E-state index contributed by atoms with van der Waals surface area (Å²) in [5.41, 5.74) is 4.70. The molecule has 0 unspecified atom stereocenters. The Balaban J connectivity index is 2.21. The van der Waals surface area contributed by atoms with E-state index in [1.54, 1.807) is 0 Å². The average Bonchev–Trinajstić information content (AvgIpc) is 1.57. The first-order valence-electron chi connectivity index (χ1n) is 2.93. The monoisotopic (exact) mass is 150 g/mol. The number of hydrogen-bond donors (Lipinski definition) is 2. The number of carbonyl (C=O) groups excluding carboxylic acids is 1. The molecular formula is C5H8F2N2O. The second-order valence-corrected chi connectivity index (χ2v) is 2.47. The van der Waals surface area contributed by atoms with Crippen LogP contribution in [-0.2, 0) is 0 Å². The highest BCUT2D eigenvalue weighted by atomic mass is 19.3. The Hall–Kier alpha value is -0.870. The third kappa shape index (κ3) is 1.55. The maximum absolute atomic E-state index is 12.0. The number of amides is 2. The van der Waals surface area contributed by atoms with Gasteiger partial charge < -0.3 is 11.1 Å². The quantitative estimate of drug-likeness (QED) is 0.560. The minimum Gasteiger partial charge on any atom is -0.352 e. The first kappa shape index (κ1) is 7.24. The minimum absolute atomic E-state index is 0.282. The number of primary amides is 1. The number of carbonyl (C=O) groups is 1. The van der Waals surface area contributed by atoms with Crippen LogP contribution in [0.25, 0.3) is 0 Å². The average molecular weight is 150 g/mol. The number of nitrogens with one attached hydrogen (secondary N) is 1. The van der Waals surface area contributed by atoms with Crippen molar-refractivity contribution in [3.8, 4) is 0 Å². The van der Waals surface area contributed by atoms with Gasteiger partial charge in [0.05, 0.1) is 0 Å². The van der Waals surface area contributed by atoms with Crippen molar-refractivity contribution in [1.29, 1.82) is 0 Å². The highest BCUT2D eigenvalue weighted by molar-refractivity contribution is 5.72. The molecule has 3 nitrogen and oxygen atoms in total. The summed E-state index contributed by atoms with van der Waals surface area (Å²) < 4.78 is 24.1. The van der Waals surface area contributed by atoms with Gasteiger partial charge >= 0.3 is 6.03 Å². The van der Waals surface area contributed by atoms with Crippen molar-refractivity contribution in [2.45, 2.75) is 24.8 Å². The van der Waals surface area contributed by atoms with Crippen molar-refractivity contribution in [2.75, 3.05) is 0 Å². The van der Waals surface area contributed by atoms with Gasteiger partial charge in [-0.05, 0) is 0 Å². The number of alkyl halides is 2. The SMILES string of the molecule is NC(=O)NC1CC(F)(F)C1. The molecule has 0 aromatic carbocycles. The minimum atomic E-state index is -2.59. The van der Waals surface area contributed by atoms with Crippen molar-refractivity contribution in [2.24, 2.45) is 5.73 Å². The summed E-state index contributed by atoms with van der Waals surface area (Å²) >= 11 is 0. The highest BCUT2D eigenvalue weighted by Gasteiger charge is 2.45. The second-order valence-electron chi connectivity index (χ2n) is 2.47. The Kier molecular flexibility index (Phi) is 1.50. The van der Waals surface area contributed by atoms with E-state index in [1.807, 2.05) is 0 Å². The van der Waals surface area contributed by atoms with E-state index in [0.717, 1.165) is 0 Å². The van der Waals surface area contributed by atoms with Crippen LogP contribution in [0.15, 0.2) is 0 Å². The van der Waals surface area contributed by atoms with E-state index in [2.05, 4.69) is 5.32 Å². The molecule has 0 spiro atoms. The van der Waals surface area contributed by atoms with Gasteiger partial charge in [-0.15, -0.1) is 0 Å². The number of halogens is 2. The van der Waals surface area contributed by atoms with Gasteiger partial charge in [-0.2, -0.15) is 0 Å². The molecule has 0 aliphatic heterocycles. The van der Waals surface area contributed by atoms with Crippen molar-refractivity contribution < 1.29 is 13.6 Å². The lowest BCUT2D eigenvalue weighted by molar-refractivity contribution is -0.0894. The fourth-order valence-corrected chi connectivity index (χ4v) is 0.964. The molecule has 0 aromatic rings. The summed E-state index contributed by atoms with van der Waals surface area (Å²) in [5, 5.41) is 2.19. The van der Waals surface area contributed by atoms with Crippen molar-refractivity contribution in [1.82, 2.24) is 5.32 Å². The van der Waals surface area contributed by atoms with E-state index >= 15 is 0 Å². The Labute approximate surface area is 56.6 Å². The number of hydrogen-bond acceptors (Lipinski definition) is 1. The second kappa shape index (κ2) is 2.07.